The maximum atomic E-state index is 11.0. The first-order valence-electron chi connectivity index (χ1n) is 7.91. The second-order valence-corrected chi connectivity index (χ2v) is 6.50. The lowest BCUT2D eigenvalue weighted by molar-refractivity contribution is -0.0276. The van der Waals surface area contributed by atoms with Gasteiger partial charge in [-0.2, -0.15) is 5.26 Å². The van der Waals surface area contributed by atoms with E-state index >= 15 is 0 Å². The van der Waals surface area contributed by atoms with Gasteiger partial charge in [0.2, 0.25) is 0 Å². The summed E-state index contributed by atoms with van der Waals surface area (Å²) in [6.07, 6.45) is 8.29. The smallest absolute Gasteiger partial charge is 0.0855 e. The largest absolute Gasteiger partial charge is 0.388 e. The Kier molecular flexibility index (Phi) is 3.81. The van der Waals surface area contributed by atoms with Crippen LogP contribution in [0.1, 0.15) is 62.2 Å². The summed E-state index contributed by atoms with van der Waals surface area (Å²) >= 11 is 0. The van der Waals surface area contributed by atoms with Crippen LogP contribution in [0.5, 0.6) is 0 Å². The van der Waals surface area contributed by atoms with E-state index in [0.717, 1.165) is 18.4 Å². The highest BCUT2D eigenvalue weighted by Crippen LogP contribution is 2.56. The summed E-state index contributed by atoms with van der Waals surface area (Å²) in [4.78, 5) is 0. The first kappa shape index (κ1) is 13.6. The fraction of sp³-hybridized carbons (Fsp3) is 0.611. The summed E-state index contributed by atoms with van der Waals surface area (Å²) in [5.74, 6) is 0.576. The van der Waals surface area contributed by atoms with Crippen LogP contribution in [0.15, 0.2) is 24.3 Å². The van der Waals surface area contributed by atoms with E-state index in [2.05, 4.69) is 24.3 Å². The molecule has 20 heavy (non-hydrogen) atoms. The molecule has 0 bridgehead atoms. The minimum Gasteiger partial charge on any atom is -0.388 e. The van der Waals surface area contributed by atoms with Crippen LogP contribution in [0.2, 0.25) is 0 Å². The molecule has 0 saturated heterocycles. The molecule has 0 amide bonds. The summed E-state index contributed by atoms with van der Waals surface area (Å²) in [5.41, 5.74) is 2.32. The van der Waals surface area contributed by atoms with Crippen LogP contribution >= 0.6 is 0 Å². The summed E-state index contributed by atoms with van der Waals surface area (Å²) in [6.45, 7) is 0. The maximum absolute atomic E-state index is 11.0. The zero-order valence-corrected chi connectivity index (χ0v) is 12.0. The van der Waals surface area contributed by atoms with Crippen molar-refractivity contribution in [3.63, 3.8) is 0 Å². The number of hydrogen-bond donors (Lipinski definition) is 1. The van der Waals surface area contributed by atoms with Gasteiger partial charge in [0.25, 0.3) is 0 Å². The third-order valence-electron chi connectivity index (χ3n) is 5.53. The van der Waals surface area contributed by atoms with Crippen molar-refractivity contribution in [2.24, 2.45) is 11.3 Å². The van der Waals surface area contributed by atoms with Crippen LogP contribution in [0.4, 0.5) is 0 Å². The highest BCUT2D eigenvalue weighted by Gasteiger charge is 2.49. The fourth-order valence-corrected chi connectivity index (χ4v) is 4.49. The first-order valence-corrected chi connectivity index (χ1v) is 7.91. The van der Waals surface area contributed by atoms with Gasteiger partial charge in [0.05, 0.1) is 12.2 Å². The van der Waals surface area contributed by atoms with E-state index in [1.165, 1.54) is 37.7 Å². The van der Waals surface area contributed by atoms with Crippen molar-refractivity contribution in [2.75, 3.05) is 0 Å². The molecule has 0 aliphatic heterocycles. The van der Waals surface area contributed by atoms with Gasteiger partial charge in [0.1, 0.15) is 0 Å². The number of fused-ring (bicyclic) bond motifs is 1. The van der Waals surface area contributed by atoms with E-state index in [1.807, 2.05) is 6.07 Å². The SMILES string of the molecule is N#CCCC1(C2CCCCC2)Cc2ccccc2C1O. The Morgan fingerprint density at radius 3 is 2.65 bits per heavy atom. The normalized spacial score (nSPS) is 29.9. The van der Waals surface area contributed by atoms with Crippen molar-refractivity contribution in [2.45, 2.75) is 57.5 Å². The summed E-state index contributed by atoms with van der Waals surface area (Å²) in [6, 6.07) is 10.6. The molecule has 1 fully saturated rings. The third kappa shape index (κ3) is 2.15. The van der Waals surface area contributed by atoms with E-state index in [4.69, 9.17) is 5.26 Å². The highest BCUT2D eigenvalue weighted by atomic mass is 16.3. The molecule has 0 heterocycles. The molecule has 0 spiro atoms. The van der Waals surface area contributed by atoms with Crippen LogP contribution < -0.4 is 0 Å². The standard InChI is InChI=1S/C18H23NO/c19-12-6-11-18(15-8-2-1-3-9-15)13-14-7-4-5-10-16(14)17(18)20/h4-5,7,10,15,17,20H,1-3,6,8-9,11,13H2. The van der Waals surface area contributed by atoms with Crippen LogP contribution in [0, 0.1) is 22.7 Å². The van der Waals surface area contributed by atoms with Gasteiger partial charge in [-0.05, 0) is 42.7 Å². The summed E-state index contributed by atoms with van der Waals surface area (Å²) in [7, 11) is 0. The molecule has 3 rings (SSSR count). The predicted molar refractivity (Wildman–Crippen MR) is 79.0 cm³/mol. The Labute approximate surface area is 121 Å². The Hall–Kier alpha value is -1.33. The molecular weight excluding hydrogens is 246 g/mol. The number of nitrogens with zero attached hydrogens (tertiary/aromatic N) is 1. The van der Waals surface area contributed by atoms with E-state index in [-0.39, 0.29) is 11.5 Å². The molecule has 2 heteroatoms. The van der Waals surface area contributed by atoms with E-state index in [9.17, 15) is 5.11 Å². The molecule has 2 aliphatic rings. The molecule has 2 nitrogen and oxygen atoms in total. The molecule has 106 valence electrons. The number of hydrogen-bond acceptors (Lipinski definition) is 2. The minimum atomic E-state index is -0.379. The average Bonchev–Trinajstić information content (AvgIpc) is 2.80. The minimum absolute atomic E-state index is 0.0835. The lowest BCUT2D eigenvalue weighted by Gasteiger charge is -2.42. The molecule has 0 aromatic heterocycles. The number of aliphatic hydroxyl groups excluding tert-OH is 1. The van der Waals surface area contributed by atoms with Gasteiger partial charge in [0.15, 0.2) is 0 Å². The zero-order valence-electron chi connectivity index (χ0n) is 12.0. The lowest BCUT2D eigenvalue weighted by Crippen LogP contribution is -2.36. The summed E-state index contributed by atoms with van der Waals surface area (Å²) in [5, 5.41) is 20.0. The van der Waals surface area contributed by atoms with Crippen molar-refractivity contribution < 1.29 is 5.11 Å². The molecule has 1 aromatic carbocycles. The van der Waals surface area contributed by atoms with Gasteiger partial charge in [-0.1, -0.05) is 43.5 Å². The van der Waals surface area contributed by atoms with Crippen LogP contribution in [-0.4, -0.2) is 5.11 Å². The Morgan fingerprint density at radius 2 is 1.95 bits per heavy atom. The number of aliphatic hydroxyl groups is 1. The van der Waals surface area contributed by atoms with Gasteiger partial charge in [0, 0.05) is 11.8 Å². The highest BCUT2D eigenvalue weighted by molar-refractivity contribution is 5.37. The van der Waals surface area contributed by atoms with Gasteiger partial charge < -0.3 is 5.11 Å². The number of benzene rings is 1. The Morgan fingerprint density at radius 1 is 1.20 bits per heavy atom. The van der Waals surface area contributed by atoms with Crippen LogP contribution in [0.25, 0.3) is 0 Å². The maximum Gasteiger partial charge on any atom is 0.0855 e. The van der Waals surface area contributed by atoms with Crippen molar-refractivity contribution in [1.82, 2.24) is 0 Å². The second kappa shape index (κ2) is 5.58. The average molecular weight is 269 g/mol. The number of nitriles is 1. The van der Waals surface area contributed by atoms with Crippen molar-refractivity contribution in [3.05, 3.63) is 35.4 Å². The monoisotopic (exact) mass is 269 g/mol. The van der Waals surface area contributed by atoms with Crippen molar-refractivity contribution >= 4 is 0 Å². The molecule has 2 aliphatic carbocycles. The molecular formula is C18H23NO. The summed E-state index contributed by atoms with van der Waals surface area (Å²) < 4.78 is 0. The fourth-order valence-electron chi connectivity index (χ4n) is 4.49. The second-order valence-electron chi connectivity index (χ2n) is 6.50. The number of rotatable bonds is 3. The molecule has 1 aromatic rings. The molecule has 2 unspecified atom stereocenters. The van der Waals surface area contributed by atoms with Crippen molar-refractivity contribution in [1.29, 1.82) is 5.26 Å². The lowest BCUT2D eigenvalue weighted by atomic mass is 9.63. The Bertz CT molecular complexity index is 512. The quantitative estimate of drug-likeness (QED) is 0.896. The molecule has 1 saturated carbocycles. The van der Waals surface area contributed by atoms with Crippen molar-refractivity contribution in [3.8, 4) is 6.07 Å². The molecule has 2 atom stereocenters. The third-order valence-corrected chi connectivity index (χ3v) is 5.53. The predicted octanol–water partition coefficient (Wildman–Crippen LogP) is 4.15. The van der Waals surface area contributed by atoms with Gasteiger partial charge in [-0.15, -0.1) is 0 Å². The van der Waals surface area contributed by atoms with Crippen LogP contribution in [-0.2, 0) is 6.42 Å². The van der Waals surface area contributed by atoms with Gasteiger partial charge in [-0.3, -0.25) is 0 Å². The topological polar surface area (TPSA) is 44.0 Å². The van der Waals surface area contributed by atoms with E-state index < -0.39 is 0 Å². The van der Waals surface area contributed by atoms with Gasteiger partial charge in [-0.25, -0.2) is 0 Å². The van der Waals surface area contributed by atoms with Crippen LogP contribution in [0.3, 0.4) is 0 Å². The van der Waals surface area contributed by atoms with E-state index in [0.29, 0.717) is 12.3 Å². The first-order chi connectivity index (χ1) is 9.78. The Balaban J connectivity index is 1.94. The van der Waals surface area contributed by atoms with E-state index in [1.54, 1.807) is 0 Å². The molecule has 0 radical (unpaired) electrons. The zero-order chi connectivity index (χ0) is 14.0. The molecule has 1 N–H and O–H groups in total. The van der Waals surface area contributed by atoms with Gasteiger partial charge >= 0.3 is 0 Å².